The van der Waals surface area contributed by atoms with Crippen LogP contribution in [0.5, 0.6) is 5.75 Å². The Labute approximate surface area is 171 Å². The molecule has 3 N–H and O–H groups in total. The lowest BCUT2D eigenvalue weighted by molar-refractivity contribution is -0.117. The Hall–Kier alpha value is -2.57. The largest absolute Gasteiger partial charge is 0.493 e. The summed E-state index contributed by atoms with van der Waals surface area (Å²) in [6.07, 6.45) is 3.35. The summed E-state index contributed by atoms with van der Waals surface area (Å²) in [6.45, 7) is 3.41. The van der Waals surface area contributed by atoms with E-state index in [0.717, 1.165) is 55.7 Å². The first-order valence-corrected chi connectivity index (χ1v) is 10.6. The van der Waals surface area contributed by atoms with Gasteiger partial charge in [-0.3, -0.25) is 15.6 Å². The van der Waals surface area contributed by atoms with Gasteiger partial charge in [0.05, 0.1) is 6.61 Å². The zero-order valence-corrected chi connectivity index (χ0v) is 16.6. The number of ether oxygens (including phenoxy) is 1. The Morgan fingerprint density at radius 3 is 2.59 bits per heavy atom. The Morgan fingerprint density at radius 2 is 1.83 bits per heavy atom. The van der Waals surface area contributed by atoms with Crippen LogP contribution in [0.2, 0.25) is 0 Å². The van der Waals surface area contributed by atoms with Crippen molar-refractivity contribution in [3.05, 3.63) is 54.1 Å². The van der Waals surface area contributed by atoms with Crippen molar-refractivity contribution >= 4 is 17.3 Å². The number of anilines is 2. The van der Waals surface area contributed by atoms with Crippen LogP contribution in [0.25, 0.3) is 0 Å². The third kappa shape index (κ3) is 4.23. The fourth-order valence-corrected chi connectivity index (χ4v) is 4.07. The highest BCUT2D eigenvalue weighted by molar-refractivity contribution is 6.01. The van der Waals surface area contributed by atoms with E-state index >= 15 is 0 Å². The molecule has 6 nitrogen and oxygen atoms in total. The smallest absolute Gasteiger partial charge is 0.249 e. The van der Waals surface area contributed by atoms with Gasteiger partial charge in [0.25, 0.3) is 0 Å². The Morgan fingerprint density at radius 1 is 1.03 bits per heavy atom. The molecule has 0 radical (unpaired) electrons. The molecule has 0 spiro atoms. The molecule has 0 bridgehead atoms. The van der Waals surface area contributed by atoms with E-state index in [1.54, 1.807) is 0 Å². The molecule has 0 unspecified atom stereocenters. The normalized spacial score (nSPS) is 22.3. The number of nitrogens with zero attached hydrogens (tertiary/aromatic N) is 1. The summed E-state index contributed by atoms with van der Waals surface area (Å²) in [5.41, 5.74) is 9.55. The van der Waals surface area contributed by atoms with Gasteiger partial charge < -0.3 is 15.0 Å². The van der Waals surface area contributed by atoms with E-state index in [0.29, 0.717) is 5.92 Å². The number of hydrazine groups is 1. The molecule has 3 aliphatic rings. The van der Waals surface area contributed by atoms with Gasteiger partial charge in [-0.1, -0.05) is 18.2 Å². The molecule has 5 rings (SSSR count). The quantitative estimate of drug-likeness (QED) is 0.676. The molecule has 1 saturated carbocycles. The van der Waals surface area contributed by atoms with Crippen LogP contribution >= 0.6 is 0 Å². The average Bonchev–Trinajstić information content (AvgIpc) is 3.28. The van der Waals surface area contributed by atoms with E-state index in [1.807, 2.05) is 29.2 Å². The molecule has 1 atom stereocenters. The number of amides is 1. The van der Waals surface area contributed by atoms with Gasteiger partial charge in [0.1, 0.15) is 11.8 Å². The Bertz CT molecular complexity index is 859. The lowest BCUT2D eigenvalue weighted by Crippen LogP contribution is -2.33. The Balaban J connectivity index is 1.21. The molecule has 1 amide bonds. The second-order valence-corrected chi connectivity index (χ2v) is 8.31. The predicted octanol–water partition coefficient (Wildman–Crippen LogP) is 2.88. The van der Waals surface area contributed by atoms with Gasteiger partial charge in [-0.25, -0.2) is 0 Å². The van der Waals surface area contributed by atoms with E-state index in [9.17, 15) is 4.79 Å². The average molecular weight is 393 g/mol. The van der Waals surface area contributed by atoms with Crippen LogP contribution in [-0.4, -0.2) is 38.2 Å². The van der Waals surface area contributed by atoms with Gasteiger partial charge in [0.15, 0.2) is 0 Å². The van der Waals surface area contributed by atoms with Crippen molar-refractivity contribution < 1.29 is 9.53 Å². The van der Waals surface area contributed by atoms with E-state index in [2.05, 4.69) is 40.4 Å². The zero-order chi connectivity index (χ0) is 19.6. The minimum Gasteiger partial charge on any atom is -0.493 e. The van der Waals surface area contributed by atoms with Crippen LogP contribution in [0.4, 0.5) is 11.4 Å². The summed E-state index contributed by atoms with van der Waals surface area (Å²) in [4.78, 5) is 14.9. The topological polar surface area (TPSA) is 65.6 Å². The summed E-state index contributed by atoms with van der Waals surface area (Å²) in [6, 6.07) is 16.2. The van der Waals surface area contributed by atoms with Crippen molar-refractivity contribution in [2.24, 2.45) is 5.92 Å². The second kappa shape index (κ2) is 8.05. The van der Waals surface area contributed by atoms with Crippen LogP contribution in [0.1, 0.15) is 30.7 Å². The molecular formula is C23H28N4O2. The highest BCUT2D eigenvalue weighted by Gasteiger charge is 2.32. The molecule has 2 aromatic carbocycles. The molecule has 6 heteroatoms. The molecule has 29 heavy (non-hydrogen) atoms. The number of rotatable bonds is 7. The van der Waals surface area contributed by atoms with Gasteiger partial charge in [-0.2, -0.15) is 0 Å². The number of nitrogens with one attached hydrogen (secondary N) is 3. The first-order chi connectivity index (χ1) is 14.3. The maximum absolute atomic E-state index is 13.0. The highest BCUT2D eigenvalue weighted by atomic mass is 16.5. The van der Waals surface area contributed by atoms with Gasteiger partial charge in [-0.05, 0) is 55.0 Å². The fourth-order valence-electron chi connectivity index (χ4n) is 4.07. The van der Waals surface area contributed by atoms with Crippen molar-refractivity contribution in [3.63, 3.8) is 0 Å². The van der Waals surface area contributed by atoms with Crippen molar-refractivity contribution in [2.75, 3.05) is 36.5 Å². The number of hydrogen-bond donors (Lipinski definition) is 3. The van der Waals surface area contributed by atoms with Gasteiger partial charge in [-0.15, -0.1) is 0 Å². The summed E-state index contributed by atoms with van der Waals surface area (Å²) in [7, 11) is 0. The minimum absolute atomic E-state index is 0.131. The summed E-state index contributed by atoms with van der Waals surface area (Å²) < 4.78 is 5.86. The van der Waals surface area contributed by atoms with E-state index < -0.39 is 0 Å². The van der Waals surface area contributed by atoms with Gasteiger partial charge in [0, 0.05) is 43.0 Å². The number of benzene rings is 2. The predicted molar refractivity (Wildman–Crippen MR) is 114 cm³/mol. The number of hydrogen-bond acceptors (Lipinski definition) is 5. The minimum atomic E-state index is -0.198. The number of carbonyl (C=O) groups excluding carboxylic acids is 1. The van der Waals surface area contributed by atoms with Crippen LogP contribution in [0.15, 0.2) is 48.5 Å². The zero-order valence-electron chi connectivity index (χ0n) is 16.6. The molecule has 1 aliphatic carbocycles. The van der Waals surface area contributed by atoms with Crippen LogP contribution < -0.4 is 25.8 Å². The van der Waals surface area contributed by atoms with Gasteiger partial charge in [0.2, 0.25) is 5.91 Å². The molecule has 3 fully saturated rings. The van der Waals surface area contributed by atoms with Gasteiger partial charge >= 0.3 is 0 Å². The molecule has 152 valence electrons. The molecule has 2 heterocycles. The number of carbonyl (C=O) groups is 1. The highest BCUT2D eigenvalue weighted by Crippen LogP contribution is 2.30. The summed E-state index contributed by atoms with van der Waals surface area (Å²) >= 11 is 0. The van der Waals surface area contributed by atoms with Crippen LogP contribution in [0.3, 0.4) is 0 Å². The molecule has 2 saturated heterocycles. The summed E-state index contributed by atoms with van der Waals surface area (Å²) in [5.74, 6) is 2.22. The molecular weight excluding hydrogens is 364 g/mol. The maximum Gasteiger partial charge on any atom is 0.249 e. The third-order valence-corrected chi connectivity index (χ3v) is 6.06. The lowest BCUT2D eigenvalue weighted by Gasteiger charge is -2.19. The molecule has 0 aromatic heterocycles. The van der Waals surface area contributed by atoms with E-state index in [-0.39, 0.29) is 11.9 Å². The molecule has 2 aromatic rings. The van der Waals surface area contributed by atoms with Crippen LogP contribution in [0, 0.1) is 5.92 Å². The van der Waals surface area contributed by atoms with Crippen LogP contribution in [-0.2, 0) is 4.79 Å². The van der Waals surface area contributed by atoms with Crippen molar-refractivity contribution in [2.45, 2.75) is 31.2 Å². The maximum atomic E-state index is 13.0. The second-order valence-electron chi connectivity index (χ2n) is 8.31. The molecule has 2 aliphatic heterocycles. The monoisotopic (exact) mass is 392 g/mol. The standard InChI is InChI=1S/C23H28N4O2/c28-23-22(26-19-2-1-3-21(12-19)29-15-16-4-5-16)10-11-27(23)20-8-6-17(7-9-20)18-13-24-25-14-18/h1-3,6-9,12,16,18,22,24-26H,4-5,10-11,13-15H2/t22-/m1/s1. The SMILES string of the molecule is O=C1[C@H](Nc2cccc(OCC3CC3)c2)CCN1c1ccc(C2CNNC2)cc1. The van der Waals surface area contributed by atoms with Crippen molar-refractivity contribution in [1.82, 2.24) is 10.9 Å². The summed E-state index contributed by atoms with van der Waals surface area (Å²) in [5, 5.41) is 3.40. The fraction of sp³-hybridized carbons (Fsp3) is 0.435. The van der Waals surface area contributed by atoms with E-state index in [1.165, 1.54) is 18.4 Å². The van der Waals surface area contributed by atoms with E-state index in [4.69, 9.17) is 4.74 Å². The van der Waals surface area contributed by atoms with Crippen molar-refractivity contribution in [1.29, 1.82) is 0 Å². The lowest BCUT2D eigenvalue weighted by atomic mass is 10.00. The Kier molecular flexibility index (Phi) is 5.12. The first kappa shape index (κ1) is 18.5. The third-order valence-electron chi connectivity index (χ3n) is 6.06. The first-order valence-electron chi connectivity index (χ1n) is 10.6. The van der Waals surface area contributed by atoms with Crippen molar-refractivity contribution in [3.8, 4) is 5.75 Å².